The van der Waals surface area contributed by atoms with E-state index >= 15 is 0 Å². The lowest BCUT2D eigenvalue weighted by atomic mass is 10.1. The number of nitrogens with one attached hydrogen (secondary N) is 1. The number of hydrogen-bond acceptors (Lipinski definition) is 4. The number of hydrogen-bond donors (Lipinski definition) is 2. The van der Waals surface area contributed by atoms with Crippen LogP contribution in [0, 0.1) is 0 Å². The first kappa shape index (κ1) is 15.6. The highest BCUT2D eigenvalue weighted by molar-refractivity contribution is 5.86. The Morgan fingerprint density at radius 1 is 1.23 bits per heavy atom. The molecule has 1 amide bonds. The van der Waals surface area contributed by atoms with Gasteiger partial charge in [-0.05, 0) is 24.1 Å². The van der Waals surface area contributed by atoms with Gasteiger partial charge >= 0.3 is 0 Å². The number of nitrogens with zero attached hydrogens (tertiary/aromatic N) is 1. The summed E-state index contributed by atoms with van der Waals surface area (Å²) in [6.45, 7) is 0. The van der Waals surface area contributed by atoms with Crippen molar-refractivity contribution in [2.45, 2.75) is 12.8 Å². The van der Waals surface area contributed by atoms with Crippen molar-refractivity contribution < 1.29 is 14.6 Å². The molecule has 0 unspecified atom stereocenters. The number of carbonyl (C=O) groups excluding carboxylic acids is 1. The monoisotopic (exact) mass is 298 g/mol. The Morgan fingerprint density at radius 3 is 2.73 bits per heavy atom. The summed E-state index contributed by atoms with van der Waals surface area (Å²) in [6, 6.07) is 14.8. The van der Waals surface area contributed by atoms with Gasteiger partial charge in [-0.15, -0.1) is 0 Å². The Labute approximate surface area is 129 Å². The zero-order chi connectivity index (χ0) is 15.8. The molecule has 5 heteroatoms. The van der Waals surface area contributed by atoms with Crippen LogP contribution >= 0.6 is 0 Å². The highest BCUT2D eigenvalue weighted by Crippen LogP contribution is 2.27. The molecule has 0 bridgehead atoms. The van der Waals surface area contributed by atoms with Crippen LogP contribution in [-0.2, 0) is 11.2 Å². The van der Waals surface area contributed by atoms with Gasteiger partial charge in [0.15, 0.2) is 11.5 Å². The molecule has 0 heterocycles. The number of aromatic hydroxyl groups is 1. The number of aryl methyl sites for hydroxylation is 1. The summed E-state index contributed by atoms with van der Waals surface area (Å²) in [5, 5.41) is 13.7. The summed E-state index contributed by atoms with van der Waals surface area (Å²) in [4.78, 5) is 11.7. The molecule has 0 fully saturated rings. The SMILES string of the molecule is COc1cccc(C=NNC(=O)CCc2ccccc2)c1O. The normalized spacial score (nSPS) is 10.6. The second kappa shape index (κ2) is 7.83. The van der Waals surface area contributed by atoms with Gasteiger partial charge in [0.25, 0.3) is 0 Å². The molecular formula is C17H18N2O3. The summed E-state index contributed by atoms with van der Waals surface area (Å²) < 4.78 is 5.00. The quantitative estimate of drug-likeness (QED) is 0.636. The Morgan fingerprint density at radius 2 is 2.00 bits per heavy atom. The largest absolute Gasteiger partial charge is 0.504 e. The van der Waals surface area contributed by atoms with Gasteiger partial charge in [-0.3, -0.25) is 4.79 Å². The molecule has 5 nitrogen and oxygen atoms in total. The number of hydrazone groups is 1. The molecule has 0 aliphatic carbocycles. The topological polar surface area (TPSA) is 70.9 Å². The molecule has 0 aromatic heterocycles. The third kappa shape index (κ3) is 4.34. The maximum Gasteiger partial charge on any atom is 0.240 e. The lowest BCUT2D eigenvalue weighted by Gasteiger charge is -2.05. The van der Waals surface area contributed by atoms with Crippen LogP contribution in [-0.4, -0.2) is 24.3 Å². The number of rotatable bonds is 6. The van der Waals surface area contributed by atoms with E-state index in [0.717, 1.165) is 5.56 Å². The number of phenolic OH excluding ortho intramolecular Hbond substituents is 1. The van der Waals surface area contributed by atoms with Crippen molar-refractivity contribution in [2.24, 2.45) is 5.10 Å². The third-order valence-corrected chi connectivity index (χ3v) is 3.13. The van der Waals surface area contributed by atoms with E-state index in [4.69, 9.17) is 4.74 Å². The van der Waals surface area contributed by atoms with Crippen LogP contribution in [0.25, 0.3) is 0 Å². The summed E-state index contributed by atoms with van der Waals surface area (Å²) in [5.41, 5.74) is 4.02. The van der Waals surface area contributed by atoms with E-state index in [9.17, 15) is 9.90 Å². The van der Waals surface area contributed by atoms with Crippen LogP contribution in [0.2, 0.25) is 0 Å². The van der Waals surface area contributed by atoms with E-state index < -0.39 is 0 Å². The van der Waals surface area contributed by atoms with Crippen LogP contribution in [0.5, 0.6) is 11.5 Å². The number of ether oxygens (including phenoxy) is 1. The highest BCUT2D eigenvalue weighted by Gasteiger charge is 2.05. The molecule has 0 aliphatic heterocycles. The van der Waals surface area contributed by atoms with Crippen LogP contribution < -0.4 is 10.2 Å². The summed E-state index contributed by atoms with van der Waals surface area (Å²) >= 11 is 0. The minimum Gasteiger partial charge on any atom is -0.504 e. The molecule has 2 aromatic carbocycles. The van der Waals surface area contributed by atoms with Gasteiger partial charge in [0.05, 0.1) is 13.3 Å². The fourth-order valence-electron chi connectivity index (χ4n) is 1.94. The molecule has 2 N–H and O–H groups in total. The second-order valence-electron chi connectivity index (χ2n) is 4.68. The van der Waals surface area contributed by atoms with E-state index in [0.29, 0.717) is 24.2 Å². The third-order valence-electron chi connectivity index (χ3n) is 3.13. The predicted molar refractivity (Wildman–Crippen MR) is 85.2 cm³/mol. The van der Waals surface area contributed by atoms with Gasteiger partial charge in [-0.1, -0.05) is 36.4 Å². The average molecular weight is 298 g/mol. The van der Waals surface area contributed by atoms with E-state index in [1.807, 2.05) is 30.3 Å². The number of phenols is 1. The zero-order valence-electron chi connectivity index (χ0n) is 12.3. The number of amides is 1. The van der Waals surface area contributed by atoms with Crippen molar-refractivity contribution in [3.05, 3.63) is 59.7 Å². The van der Waals surface area contributed by atoms with Gasteiger partial charge in [0.2, 0.25) is 5.91 Å². The first-order valence-electron chi connectivity index (χ1n) is 6.92. The Balaban J connectivity index is 1.86. The molecule has 0 atom stereocenters. The van der Waals surface area contributed by atoms with Gasteiger partial charge in [0.1, 0.15) is 0 Å². The summed E-state index contributed by atoms with van der Waals surface area (Å²) in [6.07, 6.45) is 2.40. The smallest absolute Gasteiger partial charge is 0.240 e. The lowest BCUT2D eigenvalue weighted by Crippen LogP contribution is -2.17. The highest BCUT2D eigenvalue weighted by atomic mass is 16.5. The second-order valence-corrected chi connectivity index (χ2v) is 4.68. The Kier molecular flexibility index (Phi) is 5.54. The molecule has 0 saturated heterocycles. The standard InChI is InChI=1S/C17H18N2O3/c1-22-15-9-5-8-14(17(15)21)12-18-19-16(20)11-10-13-6-3-2-4-7-13/h2-9,12,21H,10-11H2,1H3,(H,19,20). The van der Waals surface area contributed by atoms with Crippen molar-refractivity contribution in [1.29, 1.82) is 0 Å². The first-order chi connectivity index (χ1) is 10.7. The van der Waals surface area contributed by atoms with Crippen LogP contribution in [0.4, 0.5) is 0 Å². The number of methoxy groups -OCH3 is 1. The number of para-hydroxylation sites is 1. The van der Waals surface area contributed by atoms with Crippen molar-refractivity contribution in [3.63, 3.8) is 0 Å². The van der Waals surface area contributed by atoms with Gasteiger partial charge in [-0.25, -0.2) is 5.43 Å². The minimum absolute atomic E-state index is 0.00714. The molecule has 0 spiro atoms. The minimum atomic E-state index is -0.178. The molecule has 0 aliphatic rings. The van der Waals surface area contributed by atoms with Crippen molar-refractivity contribution >= 4 is 12.1 Å². The average Bonchev–Trinajstić information content (AvgIpc) is 2.55. The van der Waals surface area contributed by atoms with E-state index in [2.05, 4.69) is 10.5 Å². The fourth-order valence-corrected chi connectivity index (χ4v) is 1.94. The molecule has 22 heavy (non-hydrogen) atoms. The Hall–Kier alpha value is -2.82. The first-order valence-corrected chi connectivity index (χ1v) is 6.92. The molecular weight excluding hydrogens is 280 g/mol. The lowest BCUT2D eigenvalue weighted by molar-refractivity contribution is -0.121. The van der Waals surface area contributed by atoms with Crippen molar-refractivity contribution in [3.8, 4) is 11.5 Å². The summed E-state index contributed by atoms with van der Waals surface area (Å²) in [5.74, 6) is 0.175. The van der Waals surface area contributed by atoms with E-state index in [1.54, 1.807) is 18.2 Å². The van der Waals surface area contributed by atoms with Crippen LogP contribution in [0.3, 0.4) is 0 Å². The van der Waals surface area contributed by atoms with E-state index in [1.165, 1.54) is 13.3 Å². The molecule has 0 radical (unpaired) electrons. The van der Waals surface area contributed by atoms with Crippen molar-refractivity contribution in [2.75, 3.05) is 7.11 Å². The van der Waals surface area contributed by atoms with Crippen LogP contribution in [0.15, 0.2) is 53.6 Å². The predicted octanol–water partition coefficient (Wildman–Crippen LogP) is 2.48. The Bertz CT molecular complexity index is 654. The molecule has 0 saturated carbocycles. The molecule has 114 valence electrons. The summed E-state index contributed by atoms with van der Waals surface area (Å²) in [7, 11) is 1.47. The van der Waals surface area contributed by atoms with Gasteiger partial charge in [0, 0.05) is 12.0 Å². The zero-order valence-corrected chi connectivity index (χ0v) is 12.3. The van der Waals surface area contributed by atoms with Crippen LogP contribution in [0.1, 0.15) is 17.5 Å². The van der Waals surface area contributed by atoms with E-state index in [-0.39, 0.29) is 11.7 Å². The van der Waals surface area contributed by atoms with Gasteiger partial charge in [-0.2, -0.15) is 5.10 Å². The molecule has 2 rings (SSSR count). The fraction of sp³-hybridized carbons (Fsp3) is 0.176. The molecule has 2 aromatic rings. The van der Waals surface area contributed by atoms with Gasteiger partial charge < -0.3 is 9.84 Å². The number of benzene rings is 2. The maximum absolute atomic E-state index is 11.7. The number of carbonyl (C=O) groups is 1. The van der Waals surface area contributed by atoms with Crippen molar-refractivity contribution in [1.82, 2.24) is 5.43 Å². The maximum atomic E-state index is 11.7.